The first-order chi connectivity index (χ1) is 14.1. The van der Waals surface area contributed by atoms with Crippen molar-refractivity contribution >= 4 is 11.5 Å². The van der Waals surface area contributed by atoms with Crippen molar-refractivity contribution in [3.8, 4) is 17.6 Å². The van der Waals surface area contributed by atoms with Crippen LogP contribution in [0.1, 0.15) is 16.8 Å². The number of aromatic nitrogens is 3. The Morgan fingerprint density at radius 3 is 2.62 bits per heavy atom. The molecule has 148 valence electrons. The summed E-state index contributed by atoms with van der Waals surface area (Å²) in [6.45, 7) is 1.96. The van der Waals surface area contributed by atoms with Gasteiger partial charge in [-0.15, -0.1) is 0 Å². The molecule has 3 aromatic rings. The molecule has 0 spiro atoms. The van der Waals surface area contributed by atoms with Crippen LogP contribution in [-0.2, 0) is 16.1 Å². The van der Waals surface area contributed by atoms with E-state index >= 15 is 0 Å². The highest BCUT2D eigenvalue weighted by atomic mass is 16.5. The third-order valence-corrected chi connectivity index (χ3v) is 3.84. The number of carboxylic acid groups (broad SMARTS) is 1. The van der Waals surface area contributed by atoms with Crippen LogP contribution in [0.4, 0.5) is 0 Å². The third kappa shape index (κ3) is 5.29. The second-order valence-corrected chi connectivity index (χ2v) is 5.93. The topological polar surface area (TPSA) is 104 Å². The molecule has 8 nitrogen and oxygen atoms in total. The van der Waals surface area contributed by atoms with Crippen LogP contribution < -0.4 is 9.47 Å². The highest BCUT2D eigenvalue weighted by molar-refractivity contribution is 6.15. The van der Waals surface area contributed by atoms with Gasteiger partial charge in [-0.2, -0.15) is 0 Å². The van der Waals surface area contributed by atoms with Crippen LogP contribution in [-0.4, -0.2) is 33.1 Å². The lowest BCUT2D eigenvalue weighted by atomic mass is 10.0. The molecule has 0 fully saturated rings. The molecule has 0 unspecified atom stereocenters. The molecule has 0 aliphatic heterocycles. The van der Waals surface area contributed by atoms with Crippen molar-refractivity contribution < 1.29 is 24.1 Å². The number of carboxylic acids is 1. The number of nitrogens with zero attached hydrogens (tertiary/aromatic N) is 3. The molecule has 0 radical (unpaired) electrons. The standard InChI is InChI=1S/C21H19N3O5/c1-14-6-5-9-18(24-14)29-20-10-19(22-13-23-20)28-11-15-7-3-4-8-16(15)17(12-27-2)21(25)26/h3-10,12-13H,11H2,1-2H3,(H,25,26)/b17-12+. The van der Waals surface area contributed by atoms with Gasteiger partial charge in [-0.25, -0.2) is 19.7 Å². The Morgan fingerprint density at radius 2 is 1.86 bits per heavy atom. The lowest BCUT2D eigenvalue weighted by molar-refractivity contribution is -0.130. The minimum absolute atomic E-state index is 0.0314. The van der Waals surface area contributed by atoms with E-state index in [-0.39, 0.29) is 23.9 Å². The van der Waals surface area contributed by atoms with Crippen LogP contribution in [0.2, 0.25) is 0 Å². The summed E-state index contributed by atoms with van der Waals surface area (Å²) in [5.41, 5.74) is 2.02. The first-order valence-corrected chi connectivity index (χ1v) is 8.67. The van der Waals surface area contributed by atoms with Gasteiger partial charge in [0, 0.05) is 11.8 Å². The van der Waals surface area contributed by atoms with Crippen molar-refractivity contribution in [1.82, 2.24) is 15.0 Å². The molecule has 2 aromatic heterocycles. The van der Waals surface area contributed by atoms with E-state index in [1.54, 1.807) is 30.3 Å². The van der Waals surface area contributed by atoms with E-state index in [9.17, 15) is 9.90 Å². The number of rotatable bonds is 8. The van der Waals surface area contributed by atoms with Gasteiger partial charge in [-0.3, -0.25) is 0 Å². The van der Waals surface area contributed by atoms with Crippen LogP contribution in [0.3, 0.4) is 0 Å². The fourth-order valence-corrected chi connectivity index (χ4v) is 2.55. The summed E-state index contributed by atoms with van der Waals surface area (Å²) in [5, 5.41) is 9.43. The van der Waals surface area contributed by atoms with Gasteiger partial charge in [0.15, 0.2) is 0 Å². The molecule has 1 N–H and O–H groups in total. The predicted molar refractivity (Wildman–Crippen MR) is 104 cm³/mol. The van der Waals surface area contributed by atoms with Crippen molar-refractivity contribution in [2.45, 2.75) is 13.5 Å². The molecule has 0 bridgehead atoms. The summed E-state index contributed by atoms with van der Waals surface area (Å²) in [6, 6.07) is 14.0. The van der Waals surface area contributed by atoms with Gasteiger partial charge in [0.1, 0.15) is 18.5 Å². The summed E-state index contributed by atoms with van der Waals surface area (Å²) >= 11 is 0. The normalized spacial score (nSPS) is 11.0. The molecular weight excluding hydrogens is 374 g/mol. The number of methoxy groups -OCH3 is 1. The van der Waals surface area contributed by atoms with Crippen molar-refractivity contribution in [3.05, 3.63) is 77.9 Å². The Kier molecular flexibility index (Phi) is 6.36. The number of ether oxygens (including phenoxy) is 3. The average molecular weight is 393 g/mol. The van der Waals surface area contributed by atoms with Crippen molar-refractivity contribution in [2.24, 2.45) is 0 Å². The van der Waals surface area contributed by atoms with E-state index in [1.165, 1.54) is 25.8 Å². The lowest BCUT2D eigenvalue weighted by Gasteiger charge is -2.11. The number of aryl methyl sites for hydroxylation is 1. The van der Waals surface area contributed by atoms with E-state index in [1.807, 2.05) is 19.1 Å². The maximum atomic E-state index is 11.5. The molecule has 0 amide bonds. The largest absolute Gasteiger partial charge is 0.503 e. The Balaban J connectivity index is 1.76. The Hall–Kier alpha value is -3.94. The zero-order valence-electron chi connectivity index (χ0n) is 15.9. The second-order valence-electron chi connectivity index (χ2n) is 5.93. The van der Waals surface area contributed by atoms with Gasteiger partial charge in [-0.05, 0) is 24.1 Å². The maximum absolute atomic E-state index is 11.5. The van der Waals surface area contributed by atoms with E-state index in [4.69, 9.17) is 14.2 Å². The summed E-state index contributed by atoms with van der Waals surface area (Å²) < 4.78 is 16.3. The Bertz CT molecular complexity index is 1040. The predicted octanol–water partition coefficient (Wildman–Crippen LogP) is 3.62. The van der Waals surface area contributed by atoms with Gasteiger partial charge < -0.3 is 19.3 Å². The molecule has 0 saturated carbocycles. The number of hydrogen-bond acceptors (Lipinski definition) is 7. The quantitative estimate of drug-likeness (QED) is 0.457. The maximum Gasteiger partial charge on any atom is 0.339 e. The van der Waals surface area contributed by atoms with Gasteiger partial charge >= 0.3 is 5.97 Å². The van der Waals surface area contributed by atoms with E-state index < -0.39 is 5.97 Å². The third-order valence-electron chi connectivity index (χ3n) is 3.84. The SMILES string of the molecule is CO/C=C(/C(=O)O)c1ccccc1COc1cc(Oc2cccc(C)n2)ncn1. The zero-order valence-corrected chi connectivity index (χ0v) is 15.9. The average Bonchev–Trinajstić information content (AvgIpc) is 2.71. The smallest absolute Gasteiger partial charge is 0.339 e. The van der Waals surface area contributed by atoms with Crippen LogP contribution >= 0.6 is 0 Å². The molecule has 0 atom stereocenters. The zero-order chi connectivity index (χ0) is 20.6. The summed E-state index contributed by atoms with van der Waals surface area (Å²) in [4.78, 5) is 23.9. The Morgan fingerprint density at radius 1 is 1.07 bits per heavy atom. The molecular formula is C21H19N3O5. The van der Waals surface area contributed by atoms with Crippen LogP contribution in [0.15, 0.2) is 61.1 Å². The monoisotopic (exact) mass is 393 g/mol. The molecule has 1 aromatic carbocycles. The number of benzene rings is 1. The molecule has 29 heavy (non-hydrogen) atoms. The highest BCUT2D eigenvalue weighted by Gasteiger charge is 2.15. The molecule has 0 aliphatic rings. The highest BCUT2D eigenvalue weighted by Crippen LogP contribution is 2.23. The van der Waals surface area contributed by atoms with Gasteiger partial charge in [0.05, 0.1) is 19.4 Å². The van der Waals surface area contributed by atoms with Crippen molar-refractivity contribution in [3.63, 3.8) is 0 Å². The number of aliphatic carboxylic acids is 1. The van der Waals surface area contributed by atoms with Gasteiger partial charge in [-0.1, -0.05) is 30.3 Å². The number of hydrogen-bond donors (Lipinski definition) is 1. The van der Waals surface area contributed by atoms with Gasteiger partial charge in [0.2, 0.25) is 17.6 Å². The minimum atomic E-state index is -1.09. The van der Waals surface area contributed by atoms with E-state index in [0.717, 1.165) is 5.69 Å². The van der Waals surface area contributed by atoms with Gasteiger partial charge in [0.25, 0.3) is 0 Å². The fourth-order valence-electron chi connectivity index (χ4n) is 2.55. The molecule has 2 heterocycles. The molecule has 8 heteroatoms. The Labute approximate surface area is 167 Å². The van der Waals surface area contributed by atoms with Crippen LogP contribution in [0, 0.1) is 6.92 Å². The van der Waals surface area contributed by atoms with Crippen LogP contribution in [0.25, 0.3) is 5.57 Å². The van der Waals surface area contributed by atoms with E-state index in [2.05, 4.69) is 15.0 Å². The van der Waals surface area contributed by atoms with Crippen molar-refractivity contribution in [1.29, 1.82) is 0 Å². The summed E-state index contributed by atoms with van der Waals surface area (Å²) in [5.74, 6) is -0.115. The second kappa shape index (κ2) is 9.32. The molecule has 3 rings (SSSR count). The first kappa shape index (κ1) is 19.8. The minimum Gasteiger partial charge on any atom is -0.503 e. The number of carbonyl (C=O) groups is 1. The fraction of sp³-hybridized carbons (Fsp3) is 0.143. The van der Waals surface area contributed by atoms with Crippen LogP contribution in [0.5, 0.6) is 17.6 Å². The van der Waals surface area contributed by atoms with E-state index in [0.29, 0.717) is 17.0 Å². The first-order valence-electron chi connectivity index (χ1n) is 8.67. The number of pyridine rings is 1. The summed E-state index contributed by atoms with van der Waals surface area (Å²) in [6.07, 6.45) is 2.51. The lowest BCUT2D eigenvalue weighted by Crippen LogP contribution is -2.06. The van der Waals surface area contributed by atoms with Crippen molar-refractivity contribution in [2.75, 3.05) is 7.11 Å². The molecule has 0 aliphatic carbocycles. The summed E-state index contributed by atoms with van der Waals surface area (Å²) in [7, 11) is 1.40. The molecule has 0 saturated heterocycles.